The van der Waals surface area contributed by atoms with Crippen molar-refractivity contribution in [2.24, 2.45) is 0 Å². The Balaban J connectivity index is 1.09. The van der Waals surface area contributed by atoms with E-state index in [2.05, 4.69) is 10.2 Å². The van der Waals surface area contributed by atoms with Crippen LogP contribution in [-0.2, 0) is 32.7 Å². The van der Waals surface area contributed by atoms with Crippen LogP contribution in [0.5, 0.6) is 5.75 Å². The molecule has 11 heteroatoms. The molecule has 3 heterocycles. The van der Waals surface area contributed by atoms with Crippen LogP contribution in [0.25, 0.3) is 0 Å². The average molecular weight is 591 g/mol. The normalized spacial score (nSPS) is 20.0. The van der Waals surface area contributed by atoms with Gasteiger partial charge < -0.3 is 24.6 Å². The fourth-order valence-corrected chi connectivity index (χ4v) is 7.15. The third-order valence-electron chi connectivity index (χ3n) is 8.06. The summed E-state index contributed by atoms with van der Waals surface area (Å²) in [6, 6.07) is 21.6. The molecule has 0 spiro atoms. The summed E-state index contributed by atoms with van der Waals surface area (Å²) < 4.78 is 39.6. The van der Waals surface area contributed by atoms with Gasteiger partial charge in [0.25, 0.3) is 5.91 Å². The molecule has 0 aliphatic carbocycles. The molecule has 2 fully saturated rings. The van der Waals surface area contributed by atoms with Gasteiger partial charge in [-0.2, -0.15) is 4.31 Å². The van der Waals surface area contributed by atoms with E-state index in [1.54, 1.807) is 41.3 Å². The second-order valence-corrected chi connectivity index (χ2v) is 12.6. The number of piperazine rings is 1. The number of para-hydroxylation sites is 1. The van der Waals surface area contributed by atoms with Crippen LogP contribution in [0.2, 0.25) is 0 Å². The lowest BCUT2D eigenvalue weighted by molar-refractivity contribution is -0.129. The maximum Gasteiger partial charge on any atom is 0.255 e. The number of sulfonamides is 1. The van der Waals surface area contributed by atoms with E-state index in [0.717, 1.165) is 16.8 Å². The van der Waals surface area contributed by atoms with E-state index in [-0.39, 0.29) is 36.6 Å². The summed E-state index contributed by atoms with van der Waals surface area (Å²) in [5.74, 6) is 0.175. The van der Waals surface area contributed by atoms with E-state index in [9.17, 15) is 18.0 Å². The van der Waals surface area contributed by atoms with Crippen molar-refractivity contribution in [1.29, 1.82) is 0 Å². The summed E-state index contributed by atoms with van der Waals surface area (Å²) in [4.78, 5) is 29.9. The number of hydrogen-bond donors (Lipinski definition) is 1. The number of amides is 2. The van der Waals surface area contributed by atoms with Crippen LogP contribution in [0.4, 0.5) is 5.69 Å². The van der Waals surface area contributed by atoms with Crippen molar-refractivity contribution in [3.8, 4) is 5.75 Å². The third-order valence-corrected chi connectivity index (χ3v) is 9.97. The summed E-state index contributed by atoms with van der Waals surface area (Å²) >= 11 is 0. The van der Waals surface area contributed by atoms with Crippen LogP contribution in [0, 0.1) is 0 Å². The maximum atomic E-state index is 13.3. The minimum absolute atomic E-state index is 0.143. The molecule has 3 aromatic carbocycles. The van der Waals surface area contributed by atoms with Crippen LogP contribution in [-0.4, -0.2) is 75.0 Å². The average Bonchev–Trinajstić information content (AvgIpc) is 3.35. The maximum absolute atomic E-state index is 13.3. The Labute approximate surface area is 245 Å². The second-order valence-electron chi connectivity index (χ2n) is 10.6. The topological polar surface area (TPSA) is 108 Å². The number of rotatable bonds is 7. The predicted octanol–water partition coefficient (Wildman–Crippen LogP) is 2.99. The Bertz CT molecular complexity index is 1540. The van der Waals surface area contributed by atoms with Gasteiger partial charge in [0.15, 0.2) is 0 Å². The number of ether oxygens (including phenoxy) is 2. The van der Waals surface area contributed by atoms with Crippen molar-refractivity contribution in [1.82, 2.24) is 14.5 Å². The molecule has 42 heavy (non-hydrogen) atoms. The largest absolute Gasteiger partial charge is 0.489 e. The van der Waals surface area contributed by atoms with Crippen molar-refractivity contribution in [3.63, 3.8) is 0 Å². The molecule has 0 saturated carbocycles. The van der Waals surface area contributed by atoms with E-state index in [1.807, 2.05) is 36.4 Å². The first-order valence-corrected chi connectivity index (χ1v) is 15.7. The summed E-state index contributed by atoms with van der Waals surface area (Å²) in [5, 5.41) is 2.73. The zero-order chi connectivity index (χ0) is 29.1. The Hall–Kier alpha value is -3.93. The predicted molar refractivity (Wildman–Crippen MR) is 156 cm³/mol. The summed E-state index contributed by atoms with van der Waals surface area (Å²) in [6.07, 6.45) is 1.22. The molecule has 3 aliphatic rings. The Kier molecular flexibility index (Phi) is 8.14. The Morgan fingerprint density at radius 2 is 1.67 bits per heavy atom. The van der Waals surface area contributed by atoms with Crippen LogP contribution < -0.4 is 15.0 Å². The Morgan fingerprint density at radius 3 is 2.43 bits per heavy atom. The van der Waals surface area contributed by atoms with E-state index < -0.39 is 16.1 Å². The quantitative estimate of drug-likeness (QED) is 0.451. The number of fused-ring (bicyclic) bond motifs is 1. The fraction of sp³-hybridized carbons (Fsp3) is 0.355. The first kappa shape index (κ1) is 28.2. The first-order chi connectivity index (χ1) is 20.4. The molecule has 2 amide bonds. The van der Waals surface area contributed by atoms with Crippen molar-refractivity contribution >= 4 is 27.5 Å². The fourth-order valence-electron chi connectivity index (χ4n) is 5.73. The number of benzene rings is 3. The van der Waals surface area contributed by atoms with E-state index >= 15 is 0 Å². The molecule has 220 valence electrons. The molecule has 3 aromatic rings. The molecule has 0 aromatic heterocycles. The van der Waals surface area contributed by atoms with Gasteiger partial charge >= 0.3 is 0 Å². The molecule has 1 atom stereocenters. The van der Waals surface area contributed by atoms with Crippen molar-refractivity contribution < 1.29 is 27.5 Å². The lowest BCUT2D eigenvalue weighted by atomic mass is 10.1. The van der Waals surface area contributed by atoms with E-state index in [0.29, 0.717) is 56.9 Å². The van der Waals surface area contributed by atoms with Gasteiger partial charge in [-0.25, -0.2) is 8.42 Å². The molecule has 6 rings (SSSR count). The summed E-state index contributed by atoms with van der Waals surface area (Å²) in [7, 11) is -3.61. The van der Waals surface area contributed by atoms with Crippen LogP contribution in [0.15, 0.2) is 77.7 Å². The highest BCUT2D eigenvalue weighted by Crippen LogP contribution is 2.34. The molecule has 10 nitrogen and oxygen atoms in total. The molecule has 1 N–H and O–H groups in total. The van der Waals surface area contributed by atoms with Gasteiger partial charge in [0.1, 0.15) is 25.1 Å². The van der Waals surface area contributed by atoms with Gasteiger partial charge in [0.2, 0.25) is 15.9 Å². The molecule has 3 aliphatic heterocycles. The third kappa shape index (κ3) is 5.72. The van der Waals surface area contributed by atoms with Gasteiger partial charge in [0, 0.05) is 49.6 Å². The van der Waals surface area contributed by atoms with Gasteiger partial charge in [-0.05, 0) is 54.8 Å². The second kappa shape index (κ2) is 12.1. The van der Waals surface area contributed by atoms with Crippen LogP contribution >= 0.6 is 0 Å². The molecular weight excluding hydrogens is 556 g/mol. The lowest BCUT2D eigenvalue weighted by Gasteiger charge is -2.35. The number of carbonyl (C=O) groups excluding carboxylic acids is 2. The number of carbonyl (C=O) groups is 2. The van der Waals surface area contributed by atoms with Gasteiger partial charge in [-0.1, -0.05) is 36.4 Å². The smallest absolute Gasteiger partial charge is 0.255 e. The minimum atomic E-state index is -3.61. The molecular formula is C31H34N4O6S. The van der Waals surface area contributed by atoms with Crippen molar-refractivity contribution in [2.75, 3.05) is 44.4 Å². The number of nitrogens with zero attached hydrogens (tertiary/aromatic N) is 3. The monoisotopic (exact) mass is 590 g/mol. The zero-order valence-corrected chi connectivity index (χ0v) is 24.1. The number of nitrogens with one attached hydrogen (secondary N) is 1. The molecule has 2 saturated heterocycles. The SMILES string of the molecule is O=C1NCOCCCC1N1Cc2c(OCc3ccc(S(=O)(=O)N4CCN(c5ccccc5)CC4)cc3)cccc2C1=O. The van der Waals surface area contributed by atoms with Gasteiger partial charge in [-0.3, -0.25) is 9.59 Å². The van der Waals surface area contributed by atoms with Crippen molar-refractivity contribution in [3.05, 3.63) is 89.5 Å². The van der Waals surface area contributed by atoms with Crippen molar-refractivity contribution in [2.45, 2.75) is 36.9 Å². The number of anilines is 1. The standard InChI is InChI=1S/C31H34N4O6S/c36-30-28(9-5-19-40-22-32-30)35-20-27-26(31(35)37)8-4-10-29(27)41-21-23-11-13-25(14-12-23)42(38,39)34-17-15-33(16-18-34)24-6-2-1-3-7-24/h1-4,6-8,10-14,28H,5,9,15-22H2,(H,32,36). The Morgan fingerprint density at radius 1 is 0.905 bits per heavy atom. The molecule has 0 radical (unpaired) electrons. The van der Waals surface area contributed by atoms with Crippen LogP contribution in [0.3, 0.4) is 0 Å². The van der Waals surface area contributed by atoms with Gasteiger partial charge in [0.05, 0.1) is 11.4 Å². The van der Waals surface area contributed by atoms with Crippen LogP contribution in [0.1, 0.15) is 34.3 Å². The van der Waals surface area contributed by atoms with E-state index in [4.69, 9.17) is 9.47 Å². The minimum Gasteiger partial charge on any atom is -0.489 e. The summed E-state index contributed by atoms with van der Waals surface area (Å²) in [5.41, 5.74) is 3.19. The van der Waals surface area contributed by atoms with Gasteiger partial charge in [-0.15, -0.1) is 0 Å². The summed E-state index contributed by atoms with van der Waals surface area (Å²) in [6.45, 7) is 3.29. The first-order valence-electron chi connectivity index (χ1n) is 14.2. The molecule has 0 bridgehead atoms. The lowest BCUT2D eigenvalue weighted by Crippen LogP contribution is -2.48. The number of hydrogen-bond acceptors (Lipinski definition) is 7. The highest BCUT2D eigenvalue weighted by molar-refractivity contribution is 7.89. The highest BCUT2D eigenvalue weighted by atomic mass is 32.2. The van der Waals surface area contributed by atoms with E-state index in [1.165, 1.54) is 4.31 Å². The highest BCUT2D eigenvalue weighted by Gasteiger charge is 2.38. The zero-order valence-electron chi connectivity index (χ0n) is 23.3. The molecule has 1 unspecified atom stereocenters.